The number of hydrogen-bond donors (Lipinski definition) is 1. The molecule has 0 saturated carbocycles. The molecule has 0 aliphatic carbocycles. The SMILES string of the molecule is CC#C[C@H](O)CC1=CC(=O)OC(C)(C)O1. The van der Waals surface area contributed by atoms with Gasteiger partial charge >= 0.3 is 5.97 Å². The topological polar surface area (TPSA) is 55.8 Å². The standard InChI is InChI=1S/C11H14O4/c1-4-5-8(12)6-9-7-10(13)15-11(2,3)14-9/h7-8,12H,6H2,1-3H3/t8-/m0/s1. The Labute approximate surface area is 88.9 Å². The molecule has 4 heteroatoms. The maximum Gasteiger partial charge on any atom is 0.337 e. The van der Waals surface area contributed by atoms with E-state index in [0.29, 0.717) is 5.76 Å². The lowest BCUT2D eigenvalue weighted by atomic mass is 10.2. The molecule has 0 aromatic rings. The Hall–Kier alpha value is -1.47. The van der Waals surface area contributed by atoms with Gasteiger partial charge in [-0.05, 0) is 6.92 Å². The zero-order chi connectivity index (χ0) is 11.5. The summed E-state index contributed by atoms with van der Waals surface area (Å²) in [5.41, 5.74) is 0. The number of aliphatic hydroxyl groups is 1. The summed E-state index contributed by atoms with van der Waals surface area (Å²) in [7, 11) is 0. The molecular formula is C11H14O4. The molecule has 15 heavy (non-hydrogen) atoms. The van der Waals surface area contributed by atoms with Crippen LogP contribution in [0.4, 0.5) is 0 Å². The summed E-state index contributed by atoms with van der Waals surface area (Å²) < 4.78 is 10.2. The van der Waals surface area contributed by atoms with Crippen molar-refractivity contribution in [2.75, 3.05) is 0 Å². The number of ether oxygens (including phenoxy) is 2. The molecule has 0 fully saturated rings. The number of carbonyl (C=O) groups excluding carboxylic acids is 1. The fourth-order valence-electron chi connectivity index (χ4n) is 1.28. The zero-order valence-corrected chi connectivity index (χ0v) is 9.03. The van der Waals surface area contributed by atoms with Crippen molar-refractivity contribution in [3.8, 4) is 11.8 Å². The number of hydrogen-bond acceptors (Lipinski definition) is 4. The van der Waals surface area contributed by atoms with Crippen LogP contribution in [0.1, 0.15) is 27.2 Å². The first-order chi connectivity index (χ1) is 6.93. The minimum Gasteiger partial charge on any atom is -0.457 e. The van der Waals surface area contributed by atoms with E-state index in [1.807, 2.05) is 0 Å². The fraction of sp³-hybridized carbons (Fsp3) is 0.545. The summed E-state index contributed by atoms with van der Waals surface area (Å²) in [5.74, 6) is 4.12. The van der Waals surface area contributed by atoms with Crippen molar-refractivity contribution >= 4 is 5.97 Å². The Kier molecular flexibility index (Phi) is 3.38. The second-order valence-corrected chi connectivity index (χ2v) is 3.65. The van der Waals surface area contributed by atoms with E-state index in [9.17, 15) is 9.90 Å². The number of esters is 1. The first-order valence-electron chi connectivity index (χ1n) is 4.66. The predicted molar refractivity (Wildman–Crippen MR) is 53.4 cm³/mol. The smallest absolute Gasteiger partial charge is 0.337 e. The van der Waals surface area contributed by atoms with Crippen LogP contribution < -0.4 is 0 Å². The van der Waals surface area contributed by atoms with E-state index >= 15 is 0 Å². The van der Waals surface area contributed by atoms with Gasteiger partial charge in [0.1, 0.15) is 11.9 Å². The molecule has 0 radical (unpaired) electrons. The van der Waals surface area contributed by atoms with Gasteiger partial charge in [0.2, 0.25) is 5.79 Å². The van der Waals surface area contributed by atoms with Gasteiger partial charge in [-0.15, -0.1) is 5.92 Å². The average molecular weight is 210 g/mol. The van der Waals surface area contributed by atoms with Crippen molar-refractivity contribution in [3.05, 3.63) is 11.8 Å². The quantitative estimate of drug-likeness (QED) is 0.544. The maximum atomic E-state index is 11.1. The fourth-order valence-corrected chi connectivity index (χ4v) is 1.28. The summed E-state index contributed by atoms with van der Waals surface area (Å²) >= 11 is 0. The summed E-state index contributed by atoms with van der Waals surface area (Å²) in [4.78, 5) is 11.1. The van der Waals surface area contributed by atoms with Crippen LogP contribution in [-0.2, 0) is 14.3 Å². The van der Waals surface area contributed by atoms with Crippen LogP contribution in [0.2, 0.25) is 0 Å². The second kappa shape index (κ2) is 4.37. The van der Waals surface area contributed by atoms with E-state index in [0.717, 1.165) is 0 Å². The van der Waals surface area contributed by atoms with E-state index < -0.39 is 17.9 Å². The molecule has 0 amide bonds. The van der Waals surface area contributed by atoms with Gasteiger partial charge in [0.25, 0.3) is 0 Å². The van der Waals surface area contributed by atoms with E-state index in [1.54, 1.807) is 20.8 Å². The van der Waals surface area contributed by atoms with Crippen molar-refractivity contribution in [2.24, 2.45) is 0 Å². The van der Waals surface area contributed by atoms with Crippen molar-refractivity contribution in [1.82, 2.24) is 0 Å². The molecule has 1 heterocycles. The van der Waals surface area contributed by atoms with Crippen LogP contribution in [-0.4, -0.2) is 23.0 Å². The predicted octanol–water partition coefficient (Wildman–Crippen LogP) is 0.954. The Balaban J connectivity index is 2.69. The number of carbonyl (C=O) groups is 1. The molecule has 1 atom stereocenters. The molecule has 82 valence electrons. The third-order valence-electron chi connectivity index (χ3n) is 1.71. The number of cyclic esters (lactones) is 1. The molecule has 1 aliphatic heterocycles. The van der Waals surface area contributed by atoms with E-state index in [2.05, 4.69) is 11.8 Å². The highest BCUT2D eigenvalue weighted by molar-refractivity contribution is 5.83. The molecule has 0 saturated heterocycles. The van der Waals surface area contributed by atoms with Gasteiger partial charge in [0.15, 0.2) is 0 Å². The van der Waals surface area contributed by atoms with Crippen molar-refractivity contribution in [2.45, 2.75) is 39.1 Å². The normalized spacial score (nSPS) is 20.3. The van der Waals surface area contributed by atoms with Gasteiger partial charge in [-0.25, -0.2) is 4.79 Å². The van der Waals surface area contributed by atoms with Gasteiger partial charge < -0.3 is 14.6 Å². The molecule has 1 N–H and O–H groups in total. The molecule has 0 unspecified atom stereocenters. The summed E-state index contributed by atoms with van der Waals surface area (Å²) in [6, 6.07) is 0. The lowest BCUT2D eigenvalue weighted by Gasteiger charge is -2.30. The summed E-state index contributed by atoms with van der Waals surface area (Å²) in [6.45, 7) is 4.91. The largest absolute Gasteiger partial charge is 0.457 e. The molecule has 0 bridgehead atoms. The summed E-state index contributed by atoms with van der Waals surface area (Å²) in [6.07, 6.45) is 0.605. The third-order valence-corrected chi connectivity index (χ3v) is 1.71. The average Bonchev–Trinajstić information content (AvgIpc) is 1.99. The van der Waals surface area contributed by atoms with Gasteiger partial charge in [-0.1, -0.05) is 5.92 Å². The van der Waals surface area contributed by atoms with Crippen molar-refractivity contribution < 1.29 is 19.4 Å². The summed E-state index contributed by atoms with van der Waals surface area (Å²) in [5, 5.41) is 9.41. The Morgan fingerprint density at radius 2 is 2.20 bits per heavy atom. The Bertz CT molecular complexity index is 343. The van der Waals surface area contributed by atoms with E-state index in [4.69, 9.17) is 9.47 Å². The number of rotatable bonds is 2. The molecule has 0 aromatic heterocycles. The molecule has 1 rings (SSSR count). The van der Waals surface area contributed by atoms with Crippen LogP contribution >= 0.6 is 0 Å². The highest BCUT2D eigenvalue weighted by Gasteiger charge is 2.30. The molecule has 1 aliphatic rings. The molecule has 0 aromatic carbocycles. The number of aliphatic hydroxyl groups excluding tert-OH is 1. The first-order valence-corrected chi connectivity index (χ1v) is 4.66. The lowest BCUT2D eigenvalue weighted by molar-refractivity contribution is -0.206. The Morgan fingerprint density at radius 3 is 2.73 bits per heavy atom. The third kappa shape index (κ3) is 3.64. The highest BCUT2D eigenvalue weighted by Crippen LogP contribution is 2.24. The van der Waals surface area contributed by atoms with Crippen LogP contribution in [0.5, 0.6) is 0 Å². The highest BCUT2D eigenvalue weighted by atomic mass is 16.7. The Morgan fingerprint density at radius 1 is 1.53 bits per heavy atom. The second-order valence-electron chi connectivity index (χ2n) is 3.65. The van der Waals surface area contributed by atoms with Gasteiger partial charge in [0, 0.05) is 20.3 Å². The van der Waals surface area contributed by atoms with Gasteiger partial charge in [-0.3, -0.25) is 0 Å². The monoisotopic (exact) mass is 210 g/mol. The van der Waals surface area contributed by atoms with Crippen molar-refractivity contribution in [1.29, 1.82) is 0 Å². The molecule has 4 nitrogen and oxygen atoms in total. The van der Waals surface area contributed by atoms with Crippen LogP contribution in [0.25, 0.3) is 0 Å². The van der Waals surface area contributed by atoms with Crippen molar-refractivity contribution in [3.63, 3.8) is 0 Å². The lowest BCUT2D eigenvalue weighted by Crippen LogP contribution is -2.35. The zero-order valence-electron chi connectivity index (χ0n) is 9.03. The van der Waals surface area contributed by atoms with Gasteiger partial charge in [-0.2, -0.15) is 0 Å². The minimum atomic E-state index is -0.972. The van der Waals surface area contributed by atoms with Crippen LogP contribution in [0, 0.1) is 11.8 Å². The first kappa shape index (κ1) is 11.6. The van der Waals surface area contributed by atoms with Crippen LogP contribution in [0.3, 0.4) is 0 Å². The van der Waals surface area contributed by atoms with E-state index in [1.165, 1.54) is 6.08 Å². The maximum absolute atomic E-state index is 11.1. The van der Waals surface area contributed by atoms with Gasteiger partial charge in [0.05, 0.1) is 6.08 Å². The van der Waals surface area contributed by atoms with E-state index in [-0.39, 0.29) is 6.42 Å². The molecule has 0 spiro atoms. The minimum absolute atomic E-state index is 0.194. The van der Waals surface area contributed by atoms with Crippen LogP contribution in [0.15, 0.2) is 11.8 Å². The molecular weight excluding hydrogens is 196 g/mol.